The molecule has 2 aromatic rings. The van der Waals surface area contributed by atoms with E-state index in [9.17, 15) is 27.6 Å². The molecular weight excluding hydrogens is 417 g/mol. The molecule has 0 bridgehead atoms. The minimum Gasteiger partial charge on any atom is -0.384 e. The monoisotopic (exact) mass is 440 g/mol. The van der Waals surface area contributed by atoms with Crippen LogP contribution >= 0.6 is 0 Å². The average Bonchev–Trinajstić information content (AvgIpc) is 2.75. The quantitative estimate of drug-likeness (QED) is 0.689. The first-order valence-electron chi connectivity index (χ1n) is 9.55. The molecule has 31 heavy (non-hydrogen) atoms. The van der Waals surface area contributed by atoms with Crippen LogP contribution in [0.15, 0.2) is 27.9 Å². The van der Waals surface area contributed by atoms with E-state index in [1.807, 2.05) is 9.80 Å². The molecule has 1 atom stereocenters. The van der Waals surface area contributed by atoms with Gasteiger partial charge in [-0.15, -0.1) is 0 Å². The van der Waals surface area contributed by atoms with Crippen LogP contribution < -0.4 is 21.9 Å². The van der Waals surface area contributed by atoms with Crippen LogP contribution in [0.1, 0.15) is 22.8 Å². The van der Waals surface area contributed by atoms with Crippen molar-refractivity contribution < 1.29 is 18.0 Å². The number of carbonyl (C=O) groups excluding carboxylic acids is 1. The van der Waals surface area contributed by atoms with E-state index in [1.54, 1.807) is 6.92 Å². The van der Waals surface area contributed by atoms with Crippen LogP contribution in [0.3, 0.4) is 0 Å². The van der Waals surface area contributed by atoms with E-state index in [0.29, 0.717) is 32.0 Å². The summed E-state index contributed by atoms with van der Waals surface area (Å²) < 4.78 is 40.0. The second-order valence-corrected chi connectivity index (χ2v) is 7.43. The number of hydrogen-bond acceptors (Lipinski definition) is 7. The van der Waals surface area contributed by atoms with Gasteiger partial charge in [-0.3, -0.25) is 23.6 Å². The third-order valence-corrected chi connectivity index (χ3v) is 5.60. The van der Waals surface area contributed by atoms with E-state index in [0.717, 1.165) is 21.4 Å². The number of aromatic nitrogens is 3. The fourth-order valence-electron chi connectivity index (χ4n) is 3.55. The predicted molar refractivity (Wildman–Crippen MR) is 108 cm³/mol. The minimum absolute atomic E-state index is 0.183. The van der Waals surface area contributed by atoms with Crippen LogP contribution in [0.2, 0.25) is 0 Å². The van der Waals surface area contributed by atoms with Crippen LogP contribution in [0.25, 0.3) is 0 Å². The van der Waals surface area contributed by atoms with Crippen molar-refractivity contribution in [2.45, 2.75) is 19.1 Å². The topological polar surface area (TPSA) is 106 Å². The maximum Gasteiger partial charge on any atom is 0.417 e. The number of piperazine rings is 1. The van der Waals surface area contributed by atoms with Gasteiger partial charge in [-0.05, 0) is 19.1 Å². The lowest BCUT2D eigenvalue weighted by atomic mass is 10.0. The number of ketones is 1. The molecule has 0 aliphatic carbocycles. The van der Waals surface area contributed by atoms with Crippen molar-refractivity contribution in [3.05, 3.63) is 50.3 Å². The molecule has 0 amide bonds. The van der Waals surface area contributed by atoms with Gasteiger partial charge in [0.15, 0.2) is 5.78 Å². The van der Waals surface area contributed by atoms with Crippen LogP contribution in [0.4, 0.5) is 24.8 Å². The number of nitrogen functional groups attached to an aromatic ring is 1. The molecule has 1 saturated heterocycles. The Morgan fingerprint density at radius 1 is 1.10 bits per heavy atom. The largest absolute Gasteiger partial charge is 0.417 e. The Hall–Kier alpha value is -3.15. The fourth-order valence-corrected chi connectivity index (χ4v) is 3.55. The second-order valence-electron chi connectivity index (χ2n) is 7.43. The molecule has 2 aromatic heterocycles. The number of rotatable bonds is 4. The van der Waals surface area contributed by atoms with E-state index in [2.05, 4.69) is 4.98 Å². The zero-order chi connectivity index (χ0) is 23.1. The molecule has 0 aromatic carbocycles. The number of anilines is 2. The summed E-state index contributed by atoms with van der Waals surface area (Å²) in [7, 11) is 2.66. The maximum absolute atomic E-state index is 13.0. The molecule has 0 spiro atoms. The minimum atomic E-state index is -4.44. The van der Waals surface area contributed by atoms with E-state index < -0.39 is 34.8 Å². The molecule has 3 rings (SSSR count). The number of hydrogen-bond donors (Lipinski definition) is 1. The zero-order valence-electron chi connectivity index (χ0n) is 17.3. The first-order valence-corrected chi connectivity index (χ1v) is 9.55. The SMILES string of the molecule is CC(C(=O)c1c(N)n(C)c(=O)n(C)c1=O)N1CCN(c2ccc(C(F)(F)F)cn2)CC1. The highest BCUT2D eigenvalue weighted by Crippen LogP contribution is 2.29. The number of carbonyl (C=O) groups is 1. The lowest BCUT2D eigenvalue weighted by molar-refractivity contribution is -0.137. The van der Waals surface area contributed by atoms with Gasteiger partial charge in [-0.2, -0.15) is 13.2 Å². The molecule has 0 radical (unpaired) electrons. The third kappa shape index (κ3) is 4.20. The molecule has 1 aliphatic rings. The maximum atomic E-state index is 13.0. The number of halogens is 3. The van der Waals surface area contributed by atoms with E-state index in [4.69, 9.17) is 5.73 Å². The fraction of sp³-hybridized carbons (Fsp3) is 0.474. The van der Waals surface area contributed by atoms with Gasteiger partial charge in [0, 0.05) is 46.5 Å². The Morgan fingerprint density at radius 2 is 1.71 bits per heavy atom. The summed E-state index contributed by atoms with van der Waals surface area (Å²) in [6.45, 7) is 3.40. The van der Waals surface area contributed by atoms with Gasteiger partial charge in [0.2, 0.25) is 0 Å². The molecule has 0 saturated carbocycles. The van der Waals surface area contributed by atoms with E-state index >= 15 is 0 Å². The molecule has 9 nitrogen and oxygen atoms in total. The van der Waals surface area contributed by atoms with Gasteiger partial charge in [0.05, 0.1) is 11.6 Å². The number of pyridine rings is 1. The normalized spacial score (nSPS) is 16.4. The Labute approximate surface area is 175 Å². The zero-order valence-corrected chi connectivity index (χ0v) is 17.3. The van der Waals surface area contributed by atoms with Crippen molar-refractivity contribution >= 4 is 17.4 Å². The number of nitrogens with zero attached hydrogens (tertiary/aromatic N) is 5. The Kier molecular flexibility index (Phi) is 5.94. The van der Waals surface area contributed by atoms with E-state index in [-0.39, 0.29) is 11.4 Å². The molecule has 12 heteroatoms. The van der Waals surface area contributed by atoms with Gasteiger partial charge >= 0.3 is 11.9 Å². The first kappa shape index (κ1) is 22.5. The highest BCUT2D eigenvalue weighted by Gasteiger charge is 2.32. The average molecular weight is 440 g/mol. The van der Waals surface area contributed by atoms with Gasteiger partial charge in [0.1, 0.15) is 17.2 Å². The summed E-state index contributed by atoms with van der Waals surface area (Å²) in [5, 5.41) is 0. The standard InChI is InChI=1S/C19H23F3N6O3/c1-11(15(29)14-16(23)25(2)18(31)26(3)17(14)30)27-6-8-28(9-7-27)13-5-4-12(10-24-13)19(20,21)22/h4-5,10-11H,6-9,23H2,1-3H3. The van der Waals surface area contributed by atoms with Crippen molar-refractivity contribution in [2.75, 3.05) is 36.8 Å². The van der Waals surface area contributed by atoms with Crippen molar-refractivity contribution in [3.63, 3.8) is 0 Å². The second kappa shape index (κ2) is 8.17. The summed E-state index contributed by atoms with van der Waals surface area (Å²) >= 11 is 0. The highest BCUT2D eigenvalue weighted by molar-refractivity contribution is 6.03. The van der Waals surface area contributed by atoms with Crippen molar-refractivity contribution in [3.8, 4) is 0 Å². The lowest BCUT2D eigenvalue weighted by Gasteiger charge is -2.38. The van der Waals surface area contributed by atoms with Gasteiger partial charge in [-0.1, -0.05) is 0 Å². The number of Topliss-reactive ketones (excluding diaryl/α,β-unsaturated/α-hetero) is 1. The third-order valence-electron chi connectivity index (χ3n) is 5.60. The summed E-state index contributed by atoms with van der Waals surface area (Å²) in [4.78, 5) is 45.0. The molecule has 1 unspecified atom stereocenters. The van der Waals surface area contributed by atoms with Gasteiger partial charge in [-0.25, -0.2) is 9.78 Å². The molecule has 2 N–H and O–H groups in total. The summed E-state index contributed by atoms with van der Waals surface area (Å²) in [6, 6.07) is 1.64. The number of alkyl halides is 3. The Bertz CT molecular complexity index is 1100. The van der Waals surface area contributed by atoms with Gasteiger partial charge in [0.25, 0.3) is 5.56 Å². The highest BCUT2D eigenvalue weighted by atomic mass is 19.4. The van der Waals surface area contributed by atoms with Crippen molar-refractivity contribution in [1.29, 1.82) is 0 Å². The van der Waals surface area contributed by atoms with Gasteiger partial charge < -0.3 is 10.6 Å². The number of nitrogens with two attached hydrogens (primary N) is 1. The Balaban J connectivity index is 1.72. The Morgan fingerprint density at radius 3 is 2.23 bits per heavy atom. The molecular formula is C19H23F3N6O3. The lowest BCUT2D eigenvalue weighted by Crippen LogP contribution is -2.53. The molecule has 1 aliphatic heterocycles. The van der Waals surface area contributed by atoms with E-state index in [1.165, 1.54) is 20.2 Å². The predicted octanol–water partition coefficient (Wildman–Crippen LogP) is 0.473. The summed E-state index contributed by atoms with van der Waals surface area (Å²) in [5.41, 5.74) is 3.46. The van der Waals surface area contributed by atoms with Crippen molar-refractivity contribution in [2.24, 2.45) is 14.1 Å². The summed E-state index contributed by atoms with van der Waals surface area (Å²) in [5.74, 6) is -0.254. The van der Waals surface area contributed by atoms with Crippen LogP contribution in [-0.2, 0) is 20.3 Å². The smallest absolute Gasteiger partial charge is 0.384 e. The first-order chi connectivity index (χ1) is 14.4. The molecule has 168 valence electrons. The van der Waals surface area contributed by atoms with Crippen LogP contribution in [0, 0.1) is 0 Å². The van der Waals surface area contributed by atoms with Crippen molar-refractivity contribution in [1.82, 2.24) is 19.0 Å². The molecule has 1 fully saturated rings. The molecule has 3 heterocycles. The summed E-state index contributed by atoms with van der Waals surface area (Å²) in [6.07, 6.45) is -3.65. The van der Waals surface area contributed by atoms with Crippen LogP contribution in [-0.4, -0.2) is 57.0 Å². The van der Waals surface area contributed by atoms with Crippen LogP contribution in [0.5, 0.6) is 0 Å².